The second kappa shape index (κ2) is 9.71. The first-order valence-corrected chi connectivity index (χ1v) is 11.5. The third-order valence-corrected chi connectivity index (χ3v) is 6.35. The monoisotopic (exact) mass is 419 g/mol. The second-order valence-corrected chi connectivity index (χ2v) is 9.61. The van der Waals surface area contributed by atoms with Crippen LogP contribution in [0.1, 0.15) is 30.7 Å². The lowest BCUT2D eigenvalue weighted by atomic mass is 9.94. The maximum Gasteiger partial charge on any atom is 0.180 e. The number of aromatic nitrogens is 1. The average Bonchev–Trinajstić information content (AvgIpc) is 2.73. The summed E-state index contributed by atoms with van der Waals surface area (Å²) in [5.41, 5.74) is 4.73. The minimum absolute atomic E-state index is 0.215. The van der Waals surface area contributed by atoms with E-state index in [1.165, 1.54) is 5.56 Å². The van der Waals surface area contributed by atoms with Crippen LogP contribution in [-0.4, -0.2) is 30.9 Å². The van der Waals surface area contributed by atoms with E-state index in [0.29, 0.717) is 5.92 Å². The van der Waals surface area contributed by atoms with Gasteiger partial charge in [0.2, 0.25) is 0 Å². The Morgan fingerprint density at radius 1 is 0.967 bits per heavy atom. The molecular weight excluding hydrogens is 394 g/mol. The highest BCUT2D eigenvalue weighted by atomic mass is 32.2. The fourth-order valence-corrected chi connectivity index (χ4v) is 4.18. The molecule has 0 fully saturated rings. The quantitative estimate of drug-likeness (QED) is 0.611. The van der Waals surface area contributed by atoms with Gasteiger partial charge in [-0.2, -0.15) is 0 Å². The Morgan fingerprint density at radius 3 is 2.33 bits per heavy atom. The Kier molecular flexibility index (Phi) is 7.04. The molecule has 3 rings (SSSR count). The Morgan fingerprint density at radius 2 is 1.70 bits per heavy atom. The van der Waals surface area contributed by atoms with Gasteiger partial charge in [0.05, 0.1) is 17.3 Å². The molecule has 0 bridgehead atoms. The molecule has 1 aromatic heterocycles. The van der Waals surface area contributed by atoms with Crippen molar-refractivity contribution in [2.24, 2.45) is 5.92 Å². The Bertz CT molecular complexity index is 1160. The maximum absolute atomic E-state index is 12.1. The molecule has 5 heteroatoms. The third kappa shape index (κ3) is 5.56. The lowest BCUT2D eigenvalue weighted by molar-refractivity contribution is 0.319. The van der Waals surface area contributed by atoms with Crippen LogP contribution in [0.25, 0.3) is 11.1 Å². The number of aliphatic hydroxyl groups excluding tert-OH is 1. The van der Waals surface area contributed by atoms with Gasteiger partial charge in [-0.1, -0.05) is 50.1 Å². The van der Waals surface area contributed by atoms with E-state index in [2.05, 4.69) is 36.7 Å². The van der Waals surface area contributed by atoms with E-state index < -0.39 is 9.84 Å². The molecule has 0 radical (unpaired) electrons. The Labute approximate surface area is 178 Å². The van der Waals surface area contributed by atoms with Crippen molar-refractivity contribution in [3.05, 3.63) is 83.7 Å². The first-order valence-electron chi connectivity index (χ1n) is 9.89. The molecule has 154 valence electrons. The van der Waals surface area contributed by atoms with E-state index in [4.69, 9.17) is 5.11 Å². The number of rotatable bonds is 6. The van der Waals surface area contributed by atoms with Crippen molar-refractivity contribution in [3.63, 3.8) is 0 Å². The van der Waals surface area contributed by atoms with Gasteiger partial charge in [0.15, 0.2) is 9.84 Å². The Balaban J connectivity index is 1.97. The molecule has 1 heterocycles. The predicted molar refractivity (Wildman–Crippen MR) is 120 cm³/mol. The topological polar surface area (TPSA) is 67.3 Å². The minimum Gasteiger partial charge on any atom is -0.395 e. The largest absolute Gasteiger partial charge is 0.395 e. The zero-order chi connectivity index (χ0) is 21.6. The smallest absolute Gasteiger partial charge is 0.180 e. The minimum atomic E-state index is -3.46. The van der Waals surface area contributed by atoms with E-state index in [1.54, 1.807) is 30.5 Å². The van der Waals surface area contributed by atoms with Crippen LogP contribution in [0.3, 0.4) is 0 Å². The van der Waals surface area contributed by atoms with E-state index in [9.17, 15) is 8.42 Å². The van der Waals surface area contributed by atoms with Gasteiger partial charge in [0.25, 0.3) is 0 Å². The number of aliphatic hydroxyl groups is 1. The first kappa shape index (κ1) is 21.8. The van der Waals surface area contributed by atoms with Crippen LogP contribution in [0.5, 0.6) is 0 Å². The summed E-state index contributed by atoms with van der Waals surface area (Å²) in [4.78, 5) is 4.48. The lowest BCUT2D eigenvalue weighted by Crippen LogP contribution is -2.09. The standard InChI is InChI=1S/C25H25NO3S/c1-19(2)17-21-6-7-22(18-23(21)8-11-24-5-3-4-14-26-24)20-9-12-25(13-10-20)30(28,29)16-15-27/h3-7,9-10,12-14,18-19,27H,15-17H2,1-2H3. The van der Waals surface area contributed by atoms with Gasteiger partial charge < -0.3 is 5.11 Å². The number of hydrogen-bond acceptors (Lipinski definition) is 4. The van der Waals surface area contributed by atoms with Crippen LogP contribution in [0.4, 0.5) is 0 Å². The van der Waals surface area contributed by atoms with Crippen LogP contribution in [0.2, 0.25) is 0 Å². The number of sulfone groups is 1. The zero-order valence-corrected chi connectivity index (χ0v) is 18.0. The van der Waals surface area contributed by atoms with Gasteiger partial charge in [0.1, 0.15) is 5.69 Å². The highest BCUT2D eigenvalue weighted by Crippen LogP contribution is 2.25. The third-order valence-electron chi connectivity index (χ3n) is 4.63. The molecule has 4 nitrogen and oxygen atoms in total. The molecule has 0 atom stereocenters. The summed E-state index contributed by atoms with van der Waals surface area (Å²) >= 11 is 0. The molecule has 0 saturated heterocycles. The highest BCUT2D eigenvalue weighted by molar-refractivity contribution is 7.91. The molecule has 0 amide bonds. The summed E-state index contributed by atoms with van der Waals surface area (Å²) in [6.45, 7) is 3.96. The Hall–Kier alpha value is -2.94. The molecule has 0 spiro atoms. The summed E-state index contributed by atoms with van der Waals surface area (Å²) in [6.07, 6.45) is 2.65. The van der Waals surface area contributed by atoms with Crippen molar-refractivity contribution in [3.8, 4) is 23.0 Å². The van der Waals surface area contributed by atoms with Crippen LogP contribution in [-0.2, 0) is 16.3 Å². The maximum atomic E-state index is 12.1. The molecule has 3 aromatic rings. The molecule has 0 aliphatic heterocycles. The summed E-state index contributed by atoms with van der Waals surface area (Å²) < 4.78 is 24.2. The normalized spacial score (nSPS) is 11.2. The molecule has 0 unspecified atom stereocenters. The number of hydrogen-bond donors (Lipinski definition) is 1. The summed E-state index contributed by atoms with van der Waals surface area (Å²) in [5, 5.41) is 8.95. The molecule has 30 heavy (non-hydrogen) atoms. The van der Waals surface area contributed by atoms with Crippen LogP contribution in [0, 0.1) is 17.8 Å². The average molecular weight is 420 g/mol. The van der Waals surface area contributed by atoms with Gasteiger partial charge in [-0.3, -0.25) is 0 Å². The van der Waals surface area contributed by atoms with Crippen LogP contribution in [0.15, 0.2) is 71.8 Å². The molecular formula is C25H25NO3S. The van der Waals surface area contributed by atoms with E-state index in [-0.39, 0.29) is 17.3 Å². The summed E-state index contributed by atoms with van der Waals surface area (Å²) in [5.74, 6) is 6.62. The molecule has 0 saturated carbocycles. The van der Waals surface area contributed by atoms with Gasteiger partial charge in [-0.05, 0) is 65.3 Å². The van der Waals surface area contributed by atoms with Gasteiger partial charge in [-0.25, -0.2) is 13.4 Å². The van der Waals surface area contributed by atoms with Crippen molar-refractivity contribution in [1.82, 2.24) is 4.98 Å². The fourth-order valence-electron chi connectivity index (χ4n) is 3.15. The van der Waals surface area contributed by atoms with Crippen LogP contribution >= 0.6 is 0 Å². The SMILES string of the molecule is CC(C)Cc1ccc(-c2ccc(S(=O)(=O)CCO)cc2)cc1C#Cc1ccccn1. The van der Waals surface area contributed by atoms with Gasteiger partial charge in [0, 0.05) is 11.8 Å². The van der Waals surface area contributed by atoms with Gasteiger partial charge >= 0.3 is 0 Å². The summed E-state index contributed by atoms with van der Waals surface area (Å²) in [7, 11) is -3.46. The second-order valence-electron chi connectivity index (χ2n) is 7.50. The molecule has 0 aliphatic rings. The predicted octanol–water partition coefficient (Wildman–Crippen LogP) is 4.11. The van der Waals surface area contributed by atoms with Crippen molar-refractivity contribution in [2.45, 2.75) is 25.2 Å². The molecule has 1 N–H and O–H groups in total. The fraction of sp³-hybridized carbons (Fsp3) is 0.240. The van der Waals surface area contributed by atoms with Crippen molar-refractivity contribution in [1.29, 1.82) is 0 Å². The molecule has 2 aromatic carbocycles. The van der Waals surface area contributed by atoms with Crippen molar-refractivity contribution < 1.29 is 13.5 Å². The van der Waals surface area contributed by atoms with E-state index in [0.717, 1.165) is 28.8 Å². The molecule has 0 aliphatic carbocycles. The number of benzene rings is 2. The first-order chi connectivity index (χ1) is 14.4. The number of nitrogens with zero attached hydrogens (tertiary/aromatic N) is 1. The zero-order valence-electron chi connectivity index (χ0n) is 17.2. The van der Waals surface area contributed by atoms with Crippen LogP contribution < -0.4 is 0 Å². The van der Waals surface area contributed by atoms with E-state index >= 15 is 0 Å². The highest BCUT2D eigenvalue weighted by Gasteiger charge is 2.14. The summed E-state index contributed by atoms with van der Waals surface area (Å²) in [6, 6.07) is 18.6. The van der Waals surface area contributed by atoms with Gasteiger partial charge in [-0.15, -0.1) is 0 Å². The van der Waals surface area contributed by atoms with Crippen molar-refractivity contribution in [2.75, 3.05) is 12.4 Å². The van der Waals surface area contributed by atoms with Crippen molar-refractivity contribution >= 4 is 9.84 Å². The van der Waals surface area contributed by atoms with E-state index in [1.807, 2.05) is 30.3 Å². The number of pyridine rings is 1. The lowest BCUT2D eigenvalue weighted by Gasteiger charge is -2.11.